The summed E-state index contributed by atoms with van der Waals surface area (Å²) in [5, 5.41) is 0.922. The van der Waals surface area contributed by atoms with Crippen molar-refractivity contribution in [2.45, 2.75) is 0 Å². The molecule has 0 radical (unpaired) electrons. The van der Waals surface area contributed by atoms with Crippen molar-refractivity contribution in [2.24, 2.45) is 0 Å². The quantitative estimate of drug-likeness (QED) is 0.431. The van der Waals surface area contributed by atoms with Gasteiger partial charge in [0.1, 0.15) is 5.75 Å². The molecule has 0 aliphatic rings. The van der Waals surface area contributed by atoms with Crippen molar-refractivity contribution in [3.05, 3.63) is 69.7 Å². The molecule has 0 atom stereocenters. The highest BCUT2D eigenvalue weighted by Gasteiger charge is 2.08. The number of carbonyl (C=O) groups excluding carboxylic acids is 2. The molecule has 0 aromatic heterocycles. The molecule has 0 unspecified atom stereocenters. The molecule has 0 aliphatic carbocycles. The Morgan fingerprint density at radius 2 is 1.79 bits per heavy atom. The second kappa shape index (κ2) is 8.52. The number of carbonyl (C=O) groups is 2. The van der Waals surface area contributed by atoms with Crippen LogP contribution in [0.15, 0.2) is 48.5 Å². The van der Waals surface area contributed by atoms with Gasteiger partial charge in [0.2, 0.25) is 0 Å². The Bertz CT molecular complexity index is 767. The van der Waals surface area contributed by atoms with Gasteiger partial charge in [-0.3, -0.25) is 4.79 Å². The fourth-order valence-corrected chi connectivity index (χ4v) is 2.31. The number of hydrogen-bond donors (Lipinski definition) is 0. The van der Waals surface area contributed by atoms with Crippen LogP contribution in [0.1, 0.15) is 15.9 Å². The average molecular weight is 365 g/mol. The molecule has 0 heterocycles. The number of ketones is 1. The van der Waals surface area contributed by atoms with Gasteiger partial charge in [0.25, 0.3) is 0 Å². The molecular formula is C18H14Cl2O4. The molecule has 2 aromatic rings. The Morgan fingerprint density at radius 3 is 2.42 bits per heavy atom. The van der Waals surface area contributed by atoms with Crippen molar-refractivity contribution in [3.63, 3.8) is 0 Å². The van der Waals surface area contributed by atoms with Crippen LogP contribution in [0.5, 0.6) is 5.75 Å². The summed E-state index contributed by atoms with van der Waals surface area (Å²) in [6.07, 6.45) is 2.70. The summed E-state index contributed by atoms with van der Waals surface area (Å²) in [4.78, 5) is 23.6. The van der Waals surface area contributed by atoms with E-state index in [1.165, 1.54) is 19.3 Å². The van der Waals surface area contributed by atoms with Crippen molar-refractivity contribution in [1.82, 2.24) is 0 Å². The number of benzene rings is 2. The normalized spacial score (nSPS) is 10.6. The molecule has 0 N–H and O–H groups in total. The van der Waals surface area contributed by atoms with Gasteiger partial charge in [0.05, 0.1) is 7.11 Å². The highest BCUT2D eigenvalue weighted by atomic mass is 35.5. The lowest BCUT2D eigenvalue weighted by Gasteiger charge is -2.04. The first-order valence-electron chi connectivity index (χ1n) is 6.97. The Morgan fingerprint density at radius 1 is 1.08 bits per heavy atom. The molecule has 2 aromatic carbocycles. The first kappa shape index (κ1) is 18.0. The second-order valence-corrected chi connectivity index (χ2v) is 5.60. The minimum atomic E-state index is -0.636. The topological polar surface area (TPSA) is 52.6 Å². The zero-order chi connectivity index (χ0) is 17.5. The number of esters is 1. The van der Waals surface area contributed by atoms with Gasteiger partial charge >= 0.3 is 5.97 Å². The number of methoxy groups -OCH3 is 1. The lowest BCUT2D eigenvalue weighted by Crippen LogP contribution is -2.12. The Hall–Kier alpha value is -2.30. The number of rotatable bonds is 6. The molecule has 0 saturated heterocycles. The number of ether oxygens (including phenoxy) is 2. The summed E-state index contributed by atoms with van der Waals surface area (Å²) in [5.74, 6) is -0.293. The van der Waals surface area contributed by atoms with Crippen LogP contribution in [0.25, 0.3) is 6.08 Å². The molecule has 124 valence electrons. The number of Topliss-reactive ketones (excluding diaryl/α,β-unsaturated/α-hetero) is 1. The Labute approximate surface area is 149 Å². The van der Waals surface area contributed by atoms with Gasteiger partial charge in [0.15, 0.2) is 12.4 Å². The van der Waals surface area contributed by atoms with E-state index in [1.807, 2.05) is 0 Å². The first-order valence-corrected chi connectivity index (χ1v) is 7.72. The van der Waals surface area contributed by atoms with Crippen molar-refractivity contribution in [1.29, 1.82) is 0 Å². The number of hydrogen-bond acceptors (Lipinski definition) is 4. The maximum atomic E-state index is 11.9. The highest BCUT2D eigenvalue weighted by Crippen LogP contribution is 2.22. The summed E-state index contributed by atoms with van der Waals surface area (Å²) < 4.78 is 9.94. The van der Waals surface area contributed by atoms with Gasteiger partial charge in [-0.1, -0.05) is 29.3 Å². The van der Waals surface area contributed by atoms with Crippen molar-refractivity contribution < 1.29 is 19.1 Å². The molecule has 6 heteroatoms. The molecular weight excluding hydrogens is 351 g/mol. The van der Waals surface area contributed by atoms with Crippen LogP contribution in [0.3, 0.4) is 0 Å². The van der Waals surface area contributed by atoms with Crippen LogP contribution in [0.2, 0.25) is 10.0 Å². The van der Waals surface area contributed by atoms with E-state index in [-0.39, 0.29) is 12.4 Å². The van der Waals surface area contributed by atoms with E-state index in [4.69, 9.17) is 32.7 Å². The minimum Gasteiger partial charge on any atom is -0.497 e. The molecule has 2 rings (SSSR count). The molecule has 0 amide bonds. The zero-order valence-electron chi connectivity index (χ0n) is 12.8. The van der Waals surface area contributed by atoms with E-state index in [0.29, 0.717) is 26.9 Å². The fraction of sp³-hybridized carbons (Fsp3) is 0.111. The van der Waals surface area contributed by atoms with Crippen LogP contribution in [0, 0.1) is 0 Å². The largest absolute Gasteiger partial charge is 0.497 e. The van der Waals surface area contributed by atoms with Crippen molar-refractivity contribution >= 4 is 41.0 Å². The van der Waals surface area contributed by atoms with Gasteiger partial charge in [-0.05, 0) is 48.0 Å². The van der Waals surface area contributed by atoms with Crippen LogP contribution >= 0.6 is 23.2 Å². The third-order valence-electron chi connectivity index (χ3n) is 3.12. The van der Waals surface area contributed by atoms with Gasteiger partial charge in [0, 0.05) is 21.7 Å². The molecule has 0 bridgehead atoms. The van der Waals surface area contributed by atoms with E-state index in [0.717, 1.165) is 0 Å². The van der Waals surface area contributed by atoms with Crippen LogP contribution in [-0.2, 0) is 9.53 Å². The van der Waals surface area contributed by atoms with Crippen molar-refractivity contribution in [2.75, 3.05) is 13.7 Å². The Kier molecular flexibility index (Phi) is 6.41. The average Bonchev–Trinajstić information content (AvgIpc) is 2.59. The molecule has 0 aliphatic heterocycles. The molecule has 0 fully saturated rings. The zero-order valence-corrected chi connectivity index (χ0v) is 14.3. The third-order valence-corrected chi connectivity index (χ3v) is 3.68. The fourth-order valence-electron chi connectivity index (χ4n) is 1.84. The third kappa shape index (κ3) is 5.11. The van der Waals surface area contributed by atoms with Crippen LogP contribution in [-0.4, -0.2) is 25.5 Å². The SMILES string of the molecule is COc1ccc(C(=O)COC(=O)C=Cc2ccc(Cl)cc2Cl)cc1. The summed E-state index contributed by atoms with van der Waals surface area (Å²) in [5.41, 5.74) is 1.06. The smallest absolute Gasteiger partial charge is 0.331 e. The van der Waals surface area contributed by atoms with Gasteiger partial charge in [-0.15, -0.1) is 0 Å². The molecule has 4 nitrogen and oxygen atoms in total. The summed E-state index contributed by atoms with van der Waals surface area (Å²) in [6.45, 7) is -0.343. The van der Waals surface area contributed by atoms with Gasteiger partial charge in [-0.2, -0.15) is 0 Å². The summed E-state index contributed by atoms with van der Waals surface area (Å²) in [7, 11) is 1.54. The maximum absolute atomic E-state index is 11.9. The van der Waals surface area contributed by atoms with Gasteiger partial charge in [-0.25, -0.2) is 4.79 Å². The van der Waals surface area contributed by atoms with Crippen LogP contribution < -0.4 is 4.74 Å². The predicted molar refractivity (Wildman–Crippen MR) is 93.8 cm³/mol. The van der Waals surface area contributed by atoms with E-state index >= 15 is 0 Å². The van der Waals surface area contributed by atoms with E-state index in [2.05, 4.69) is 0 Å². The van der Waals surface area contributed by atoms with E-state index < -0.39 is 5.97 Å². The molecule has 24 heavy (non-hydrogen) atoms. The lowest BCUT2D eigenvalue weighted by molar-refractivity contribution is -0.136. The molecule has 0 spiro atoms. The summed E-state index contributed by atoms with van der Waals surface area (Å²) in [6, 6.07) is 11.5. The Balaban J connectivity index is 1.90. The summed E-state index contributed by atoms with van der Waals surface area (Å²) >= 11 is 11.8. The van der Waals surface area contributed by atoms with Crippen LogP contribution in [0.4, 0.5) is 0 Å². The lowest BCUT2D eigenvalue weighted by atomic mass is 10.1. The number of halogens is 2. The second-order valence-electron chi connectivity index (χ2n) is 4.76. The van der Waals surface area contributed by atoms with E-state index in [1.54, 1.807) is 42.5 Å². The van der Waals surface area contributed by atoms with E-state index in [9.17, 15) is 9.59 Å². The standard InChI is InChI=1S/C18H14Cl2O4/c1-23-15-7-3-13(4-8-15)17(21)11-24-18(22)9-5-12-2-6-14(19)10-16(12)20/h2-10H,11H2,1H3. The molecule has 0 saturated carbocycles. The highest BCUT2D eigenvalue weighted by molar-refractivity contribution is 6.35. The minimum absolute atomic E-state index is 0.302. The maximum Gasteiger partial charge on any atom is 0.331 e. The first-order chi connectivity index (χ1) is 11.5. The van der Waals surface area contributed by atoms with Crippen molar-refractivity contribution in [3.8, 4) is 5.75 Å². The monoisotopic (exact) mass is 364 g/mol. The van der Waals surface area contributed by atoms with Gasteiger partial charge < -0.3 is 9.47 Å². The predicted octanol–water partition coefficient (Wildman–Crippen LogP) is 4.44.